The van der Waals surface area contributed by atoms with Crippen molar-refractivity contribution in [3.8, 4) is 5.75 Å². The van der Waals surface area contributed by atoms with Crippen LogP contribution in [-0.2, 0) is 6.61 Å². The van der Waals surface area contributed by atoms with Gasteiger partial charge in [-0.25, -0.2) is 0 Å². The van der Waals surface area contributed by atoms with E-state index in [1.165, 1.54) is 4.68 Å². The highest BCUT2D eigenvalue weighted by Gasteiger charge is 2.27. The van der Waals surface area contributed by atoms with Crippen molar-refractivity contribution in [3.05, 3.63) is 42.2 Å². The van der Waals surface area contributed by atoms with Crippen LogP contribution in [0.4, 0.5) is 0 Å². The van der Waals surface area contributed by atoms with Crippen molar-refractivity contribution in [1.29, 1.82) is 0 Å². The van der Waals surface area contributed by atoms with Crippen molar-refractivity contribution in [2.75, 3.05) is 0 Å². The Balaban J connectivity index is 1.99. The molecule has 21 heavy (non-hydrogen) atoms. The molecule has 1 atom stereocenters. The molecule has 2 N–H and O–H groups in total. The summed E-state index contributed by atoms with van der Waals surface area (Å²) in [5.74, 6) is 0.584. The van der Waals surface area contributed by atoms with Gasteiger partial charge in [0.15, 0.2) is 0 Å². The summed E-state index contributed by atoms with van der Waals surface area (Å²) in [4.78, 5) is 0. The largest absolute Gasteiger partial charge is 0.487 e. The minimum absolute atomic E-state index is 0.292. The van der Waals surface area contributed by atoms with E-state index in [0.717, 1.165) is 5.75 Å². The second kappa shape index (κ2) is 7.24. The van der Waals surface area contributed by atoms with Crippen molar-refractivity contribution in [2.24, 2.45) is 5.92 Å². The number of ether oxygens (including phenoxy) is 1. The van der Waals surface area contributed by atoms with Gasteiger partial charge < -0.3 is 14.8 Å². The standard InChI is InChI=1S/C14H20BN3O3/c1-11(2)8-14(15(19)20)18-9-12(16-17-18)10-21-13-6-4-3-5-7-13/h3-7,9,11,14,19-20H,8,10H2,1-2H3/t14-/m0/s1. The summed E-state index contributed by atoms with van der Waals surface area (Å²) in [7, 11) is -1.46. The molecule has 2 aromatic rings. The molecule has 0 aliphatic carbocycles. The zero-order valence-corrected chi connectivity index (χ0v) is 12.3. The van der Waals surface area contributed by atoms with Gasteiger partial charge in [-0.15, -0.1) is 5.10 Å². The highest BCUT2D eigenvalue weighted by molar-refractivity contribution is 6.42. The van der Waals surface area contributed by atoms with Gasteiger partial charge >= 0.3 is 7.12 Å². The monoisotopic (exact) mass is 289 g/mol. The average Bonchev–Trinajstić information content (AvgIpc) is 2.92. The summed E-state index contributed by atoms with van der Waals surface area (Å²) in [5, 5.41) is 26.9. The number of aromatic nitrogens is 3. The molecule has 0 spiro atoms. The highest BCUT2D eigenvalue weighted by atomic mass is 16.5. The summed E-state index contributed by atoms with van der Waals surface area (Å²) in [6.45, 7) is 4.33. The van der Waals surface area contributed by atoms with E-state index in [9.17, 15) is 10.0 Å². The molecule has 6 nitrogen and oxygen atoms in total. The molecule has 0 saturated carbocycles. The lowest BCUT2D eigenvalue weighted by molar-refractivity contribution is 0.301. The Bertz CT molecular complexity index is 545. The smallest absolute Gasteiger partial charge is 0.477 e. The van der Waals surface area contributed by atoms with Gasteiger partial charge in [-0.1, -0.05) is 37.3 Å². The Kier molecular flexibility index (Phi) is 5.35. The van der Waals surface area contributed by atoms with Gasteiger partial charge in [0.2, 0.25) is 0 Å². The summed E-state index contributed by atoms with van der Waals surface area (Å²) in [6.07, 6.45) is 2.30. The number of rotatable bonds is 7. The Morgan fingerprint density at radius 1 is 1.24 bits per heavy atom. The number of hydrogen-bond donors (Lipinski definition) is 2. The molecular formula is C14H20BN3O3. The Hall–Kier alpha value is -1.86. The lowest BCUT2D eigenvalue weighted by atomic mass is 9.75. The van der Waals surface area contributed by atoms with E-state index in [0.29, 0.717) is 24.6 Å². The zero-order chi connectivity index (χ0) is 15.2. The lowest BCUT2D eigenvalue weighted by Crippen LogP contribution is -2.30. The molecule has 1 aromatic carbocycles. The number of hydrogen-bond acceptors (Lipinski definition) is 5. The number of nitrogens with zero attached hydrogens (tertiary/aromatic N) is 3. The van der Waals surface area contributed by atoms with Crippen LogP contribution in [0.25, 0.3) is 0 Å². The third kappa shape index (κ3) is 4.58. The van der Waals surface area contributed by atoms with Crippen LogP contribution in [0.3, 0.4) is 0 Å². The van der Waals surface area contributed by atoms with Gasteiger partial charge in [-0.3, -0.25) is 4.68 Å². The van der Waals surface area contributed by atoms with Crippen LogP contribution in [-0.4, -0.2) is 32.2 Å². The summed E-state index contributed by atoms with van der Waals surface area (Å²) in [6, 6.07) is 9.44. The normalized spacial score (nSPS) is 12.4. The number of para-hydroxylation sites is 1. The molecule has 0 saturated heterocycles. The molecule has 7 heteroatoms. The van der Waals surface area contributed by atoms with E-state index in [1.54, 1.807) is 6.20 Å². The minimum atomic E-state index is -1.46. The molecule has 1 aromatic heterocycles. The van der Waals surface area contributed by atoms with Crippen LogP contribution in [0.15, 0.2) is 36.5 Å². The fourth-order valence-corrected chi connectivity index (χ4v) is 2.06. The van der Waals surface area contributed by atoms with E-state index < -0.39 is 13.1 Å². The Morgan fingerprint density at radius 2 is 1.95 bits per heavy atom. The van der Waals surface area contributed by atoms with E-state index in [1.807, 2.05) is 44.2 Å². The minimum Gasteiger partial charge on any atom is -0.487 e. The maximum Gasteiger partial charge on any atom is 0.477 e. The molecular weight excluding hydrogens is 269 g/mol. The van der Waals surface area contributed by atoms with Crippen LogP contribution in [0.5, 0.6) is 5.75 Å². The quantitative estimate of drug-likeness (QED) is 0.754. The van der Waals surface area contributed by atoms with Gasteiger partial charge in [0, 0.05) is 0 Å². The molecule has 2 rings (SSSR count). The Labute approximate surface area is 124 Å². The fraction of sp³-hybridized carbons (Fsp3) is 0.429. The second-order valence-electron chi connectivity index (χ2n) is 5.40. The first-order valence-corrected chi connectivity index (χ1v) is 7.01. The molecule has 1 heterocycles. The van der Waals surface area contributed by atoms with Crippen LogP contribution >= 0.6 is 0 Å². The summed E-state index contributed by atoms with van der Waals surface area (Å²) < 4.78 is 7.08. The van der Waals surface area contributed by atoms with Crippen LogP contribution in [0, 0.1) is 5.92 Å². The molecule has 0 aliphatic heterocycles. The van der Waals surface area contributed by atoms with Gasteiger partial charge in [-0.2, -0.15) is 0 Å². The molecule has 0 bridgehead atoms. The van der Waals surface area contributed by atoms with Crippen LogP contribution in [0.2, 0.25) is 0 Å². The maximum absolute atomic E-state index is 9.47. The third-order valence-corrected chi connectivity index (χ3v) is 3.08. The third-order valence-electron chi connectivity index (χ3n) is 3.08. The van der Waals surface area contributed by atoms with E-state index in [-0.39, 0.29) is 0 Å². The molecule has 0 radical (unpaired) electrons. The molecule has 0 aliphatic rings. The maximum atomic E-state index is 9.47. The van der Waals surface area contributed by atoms with Crippen molar-refractivity contribution in [2.45, 2.75) is 32.8 Å². The first-order valence-electron chi connectivity index (χ1n) is 7.01. The average molecular weight is 289 g/mol. The summed E-state index contributed by atoms with van der Waals surface area (Å²) in [5.41, 5.74) is 0.647. The van der Waals surface area contributed by atoms with Crippen molar-refractivity contribution < 1.29 is 14.8 Å². The topological polar surface area (TPSA) is 80.4 Å². The highest BCUT2D eigenvalue weighted by Crippen LogP contribution is 2.18. The number of benzene rings is 1. The van der Waals surface area contributed by atoms with Gasteiger partial charge in [-0.05, 0) is 24.5 Å². The predicted molar refractivity (Wildman–Crippen MR) is 79.5 cm³/mol. The molecule has 112 valence electrons. The molecule has 0 fully saturated rings. The lowest BCUT2D eigenvalue weighted by Gasteiger charge is -2.17. The fourth-order valence-electron chi connectivity index (χ4n) is 2.06. The zero-order valence-electron chi connectivity index (χ0n) is 12.3. The first kappa shape index (κ1) is 15.5. The molecule has 0 amide bonds. The SMILES string of the molecule is CC(C)C[C@@H](B(O)O)n1cc(COc2ccccc2)nn1. The van der Waals surface area contributed by atoms with Gasteiger partial charge in [0.25, 0.3) is 0 Å². The second-order valence-corrected chi connectivity index (χ2v) is 5.40. The van der Waals surface area contributed by atoms with Crippen molar-refractivity contribution in [1.82, 2.24) is 15.0 Å². The van der Waals surface area contributed by atoms with E-state index in [4.69, 9.17) is 4.74 Å². The summed E-state index contributed by atoms with van der Waals surface area (Å²) >= 11 is 0. The Morgan fingerprint density at radius 3 is 2.57 bits per heavy atom. The molecule has 0 unspecified atom stereocenters. The predicted octanol–water partition coefficient (Wildman–Crippen LogP) is 1.46. The van der Waals surface area contributed by atoms with E-state index >= 15 is 0 Å². The van der Waals surface area contributed by atoms with Crippen LogP contribution in [0.1, 0.15) is 31.9 Å². The van der Waals surface area contributed by atoms with Crippen LogP contribution < -0.4 is 4.74 Å². The van der Waals surface area contributed by atoms with Gasteiger partial charge in [0.05, 0.1) is 12.1 Å². The van der Waals surface area contributed by atoms with Crippen molar-refractivity contribution in [3.63, 3.8) is 0 Å². The van der Waals surface area contributed by atoms with Gasteiger partial charge in [0.1, 0.15) is 18.1 Å². The van der Waals surface area contributed by atoms with Crippen molar-refractivity contribution >= 4 is 7.12 Å². The van der Waals surface area contributed by atoms with E-state index in [2.05, 4.69) is 10.3 Å². The first-order chi connectivity index (χ1) is 10.1.